The Balaban J connectivity index is 2.91. The van der Waals surface area contributed by atoms with E-state index in [4.69, 9.17) is 5.11 Å². The molecule has 1 unspecified atom stereocenters. The van der Waals surface area contributed by atoms with Gasteiger partial charge in [-0.15, -0.1) is 11.3 Å². The molecule has 0 radical (unpaired) electrons. The van der Waals surface area contributed by atoms with Crippen molar-refractivity contribution in [3.8, 4) is 0 Å². The van der Waals surface area contributed by atoms with Crippen LogP contribution in [0.25, 0.3) is 0 Å². The van der Waals surface area contributed by atoms with Gasteiger partial charge in [0.15, 0.2) is 5.69 Å². The molecule has 0 aliphatic heterocycles. The molecule has 0 bridgehead atoms. The summed E-state index contributed by atoms with van der Waals surface area (Å²) in [6.07, 6.45) is 1.40. The number of carboxylic acid groups (broad SMARTS) is 1. The Morgan fingerprint density at radius 2 is 2.54 bits per heavy atom. The van der Waals surface area contributed by atoms with Crippen LogP contribution >= 0.6 is 11.3 Å². The lowest BCUT2D eigenvalue weighted by Crippen LogP contribution is -1.97. The average molecular weight is 198 g/mol. The fourth-order valence-electron chi connectivity index (χ4n) is 0.712. The summed E-state index contributed by atoms with van der Waals surface area (Å²) in [5, 5.41) is 10.5. The van der Waals surface area contributed by atoms with Crippen molar-refractivity contribution < 1.29 is 14.7 Å². The van der Waals surface area contributed by atoms with Crippen LogP contribution in [0, 0.1) is 0 Å². The van der Waals surface area contributed by atoms with Crippen LogP contribution in [0.4, 0.5) is 0 Å². The highest BCUT2D eigenvalue weighted by Gasteiger charge is 2.12. The number of carbonyl (C=O) groups is 1. The van der Waals surface area contributed by atoms with Gasteiger partial charge >= 0.3 is 5.97 Å². The Bertz CT molecular complexity index is 368. The molecular formula is C7H6N2O3S. The summed E-state index contributed by atoms with van der Waals surface area (Å²) in [4.78, 5) is 27.5. The van der Waals surface area contributed by atoms with Crippen molar-refractivity contribution in [2.75, 3.05) is 0 Å². The molecule has 1 rings (SSSR count). The second-order valence-electron chi connectivity index (χ2n) is 2.27. The third-order valence-electron chi connectivity index (χ3n) is 1.34. The first kappa shape index (κ1) is 9.57. The lowest BCUT2D eigenvalue weighted by atomic mass is 10.4. The SMILES string of the molecule is CC(N=C=O)c1nc(C(=O)O)cs1. The summed E-state index contributed by atoms with van der Waals surface area (Å²) in [6, 6.07) is -0.421. The maximum atomic E-state index is 10.4. The third kappa shape index (κ3) is 2.21. The van der Waals surface area contributed by atoms with Gasteiger partial charge in [0.25, 0.3) is 0 Å². The van der Waals surface area contributed by atoms with E-state index in [0.29, 0.717) is 5.01 Å². The Labute approximate surface area is 77.8 Å². The Morgan fingerprint density at radius 1 is 1.85 bits per heavy atom. The second kappa shape index (κ2) is 3.93. The predicted molar refractivity (Wildman–Crippen MR) is 45.6 cm³/mol. The van der Waals surface area contributed by atoms with Crippen LogP contribution in [0.2, 0.25) is 0 Å². The number of aromatic carboxylic acids is 1. The minimum absolute atomic E-state index is 0.0204. The molecular weight excluding hydrogens is 192 g/mol. The molecule has 1 atom stereocenters. The van der Waals surface area contributed by atoms with E-state index in [2.05, 4.69) is 9.98 Å². The molecule has 0 saturated carbocycles. The number of hydrogen-bond donors (Lipinski definition) is 1. The number of aromatic nitrogens is 1. The lowest BCUT2D eigenvalue weighted by Gasteiger charge is -1.95. The molecule has 0 spiro atoms. The number of carbonyl (C=O) groups excluding carboxylic acids is 1. The molecule has 0 aliphatic carbocycles. The zero-order valence-electron chi connectivity index (χ0n) is 6.72. The number of nitrogens with zero attached hydrogens (tertiary/aromatic N) is 2. The van der Waals surface area contributed by atoms with Crippen LogP contribution in [0.1, 0.15) is 28.5 Å². The van der Waals surface area contributed by atoms with E-state index in [-0.39, 0.29) is 5.69 Å². The number of thiazole rings is 1. The van der Waals surface area contributed by atoms with Crippen molar-refractivity contribution >= 4 is 23.4 Å². The molecule has 1 aromatic rings. The van der Waals surface area contributed by atoms with Crippen LogP contribution in [0.15, 0.2) is 10.4 Å². The summed E-state index contributed by atoms with van der Waals surface area (Å²) in [5.41, 5.74) is -0.0204. The molecule has 1 N–H and O–H groups in total. The van der Waals surface area contributed by atoms with Crippen molar-refractivity contribution in [3.05, 3.63) is 16.1 Å². The van der Waals surface area contributed by atoms with Gasteiger partial charge < -0.3 is 5.11 Å². The van der Waals surface area contributed by atoms with E-state index >= 15 is 0 Å². The van der Waals surface area contributed by atoms with E-state index in [1.807, 2.05) is 0 Å². The zero-order valence-corrected chi connectivity index (χ0v) is 7.54. The highest BCUT2D eigenvalue weighted by Crippen LogP contribution is 2.20. The standard InChI is InChI=1S/C7H6N2O3S/c1-4(8-3-10)6-9-5(2-13-6)7(11)12/h2,4H,1H3,(H,11,12). The quantitative estimate of drug-likeness (QED) is 0.585. The van der Waals surface area contributed by atoms with Crippen molar-refractivity contribution in [3.63, 3.8) is 0 Å². The van der Waals surface area contributed by atoms with E-state index < -0.39 is 12.0 Å². The summed E-state index contributed by atoms with van der Waals surface area (Å²) in [5.74, 6) is -1.08. The van der Waals surface area contributed by atoms with Crippen molar-refractivity contribution in [2.24, 2.45) is 4.99 Å². The molecule has 0 aromatic carbocycles. The van der Waals surface area contributed by atoms with Gasteiger partial charge in [-0.3, -0.25) is 0 Å². The first-order valence-corrected chi connectivity index (χ1v) is 4.29. The smallest absolute Gasteiger partial charge is 0.355 e. The molecule has 68 valence electrons. The van der Waals surface area contributed by atoms with Gasteiger partial charge in [0.2, 0.25) is 6.08 Å². The molecule has 6 heteroatoms. The minimum Gasteiger partial charge on any atom is -0.476 e. The van der Waals surface area contributed by atoms with Crippen molar-refractivity contribution in [1.29, 1.82) is 0 Å². The van der Waals surface area contributed by atoms with E-state index in [1.54, 1.807) is 6.92 Å². The average Bonchev–Trinajstić information content (AvgIpc) is 2.52. The summed E-state index contributed by atoms with van der Waals surface area (Å²) >= 11 is 1.16. The van der Waals surface area contributed by atoms with Gasteiger partial charge in [0.05, 0.1) is 0 Å². The van der Waals surface area contributed by atoms with Crippen LogP contribution in [0.3, 0.4) is 0 Å². The third-order valence-corrected chi connectivity index (χ3v) is 2.36. The zero-order chi connectivity index (χ0) is 9.84. The van der Waals surface area contributed by atoms with Crippen LogP contribution in [-0.4, -0.2) is 22.1 Å². The minimum atomic E-state index is -1.08. The second-order valence-corrected chi connectivity index (χ2v) is 3.16. The van der Waals surface area contributed by atoms with Crippen LogP contribution in [-0.2, 0) is 4.79 Å². The molecule has 0 fully saturated rings. The van der Waals surface area contributed by atoms with E-state index in [9.17, 15) is 9.59 Å². The monoisotopic (exact) mass is 198 g/mol. The van der Waals surface area contributed by atoms with Crippen LogP contribution in [0.5, 0.6) is 0 Å². The Hall–Kier alpha value is -1.52. The number of isocyanates is 1. The fraction of sp³-hybridized carbons (Fsp3) is 0.286. The van der Waals surface area contributed by atoms with Crippen molar-refractivity contribution in [1.82, 2.24) is 4.98 Å². The van der Waals surface area contributed by atoms with Gasteiger partial charge in [-0.2, -0.15) is 4.99 Å². The molecule has 1 aromatic heterocycles. The number of hydrogen-bond acceptors (Lipinski definition) is 5. The maximum Gasteiger partial charge on any atom is 0.355 e. The first-order chi connectivity index (χ1) is 6.15. The largest absolute Gasteiger partial charge is 0.476 e. The number of rotatable bonds is 3. The predicted octanol–water partition coefficient (Wildman–Crippen LogP) is 1.24. The van der Waals surface area contributed by atoms with E-state index in [1.165, 1.54) is 11.5 Å². The molecule has 13 heavy (non-hydrogen) atoms. The number of carboxylic acids is 1. The fourth-order valence-corrected chi connectivity index (χ4v) is 1.50. The van der Waals surface area contributed by atoms with Crippen molar-refractivity contribution in [2.45, 2.75) is 13.0 Å². The number of aliphatic imine (C=N–C) groups is 1. The topological polar surface area (TPSA) is 79.6 Å². The molecule has 1 heterocycles. The summed E-state index contributed by atoms with van der Waals surface area (Å²) in [7, 11) is 0. The normalized spacial score (nSPS) is 11.8. The highest BCUT2D eigenvalue weighted by molar-refractivity contribution is 7.09. The highest BCUT2D eigenvalue weighted by atomic mass is 32.1. The Kier molecular flexibility index (Phi) is 2.89. The van der Waals surface area contributed by atoms with Gasteiger partial charge in [0.1, 0.15) is 11.0 Å². The molecule has 0 amide bonds. The molecule has 0 aliphatic rings. The first-order valence-electron chi connectivity index (χ1n) is 3.41. The lowest BCUT2D eigenvalue weighted by molar-refractivity contribution is 0.0691. The summed E-state index contributed by atoms with van der Waals surface area (Å²) < 4.78 is 0. The molecule has 0 saturated heterocycles. The van der Waals surface area contributed by atoms with Gasteiger partial charge in [0, 0.05) is 5.38 Å². The van der Waals surface area contributed by atoms with Gasteiger partial charge in [-0.25, -0.2) is 14.6 Å². The summed E-state index contributed by atoms with van der Waals surface area (Å²) in [6.45, 7) is 1.65. The Morgan fingerprint density at radius 3 is 3.00 bits per heavy atom. The van der Waals surface area contributed by atoms with Gasteiger partial charge in [-0.1, -0.05) is 0 Å². The van der Waals surface area contributed by atoms with E-state index in [0.717, 1.165) is 11.3 Å². The molecule has 5 nitrogen and oxygen atoms in total. The maximum absolute atomic E-state index is 10.4. The van der Waals surface area contributed by atoms with Gasteiger partial charge in [-0.05, 0) is 6.92 Å². The van der Waals surface area contributed by atoms with Crippen LogP contribution < -0.4 is 0 Å².